The Morgan fingerprint density at radius 3 is 2.29 bits per heavy atom. The topological polar surface area (TPSA) is 92.4 Å². The minimum Gasteiger partial charge on any atom is -0.493 e. The van der Waals surface area contributed by atoms with Gasteiger partial charge in [-0.1, -0.05) is 12.1 Å². The molecule has 9 heteroatoms. The molecule has 2 aromatic heterocycles. The van der Waals surface area contributed by atoms with Crippen molar-refractivity contribution >= 4 is 22.8 Å². The summed E-state index contributed by atoms with van der Waals surface area (Å²) in [6.45, 7) is 1.86. The van der Waals surface area contributed by atoms with Gasteiger partial charge in [0.15, 0.2) is 11.5 Å². The first-order valence-corrected chi connectivity index (χ1v) is 9.56. The van der Waals surface area contributed by atoms with Crippen LogP contribution >= 0.6 is 0 Å². The van der Waals surface area contributed by atoms with Crippen molar-refractivity contribution in [3.8, 4) is 23.2 Å². The zero-order valence-corrected chi connectivity index (χ0v) is 18.0. The Balaban J connectivity index is 1.73. The summed E-state index contributed by atoms with van der Waals surface area (Å²) in [6.07, 6.45) is 0. The van der Waals surface area contributed by atoms with Crippen LogP contribution in [0.2, 0.25) is 0 Å². The maximum atomic E-state index is 13.1. The summed E-state index contributed by atoms with van der Waals surface area (Å²) in [4.78, 5) is 17.7. The number of carbonyl (C=O) groups is 1. The fraction of sp³-hybridized carbons (Fsp3) is 0.227. The summed E-state index contributed by atoms with van der Waals surface area (Å²) in [7, 11) is 6.43. The number of nitrogens with zero attached hydrogens (tertiary/aromatic N) is 4. The van der Waals surface area contributed by atoms with E-state index in [1.165, 1.54) is 21.3 Å². The molecule has 0 aliphatic heterocycles. The smallest absolute Gasteiger partial charge is 0.257 e. The number of anilines is 1. The molecule has 0 bridgehead atoms. The van der Waals surface area contributed by atoms with Crippen molar-refractivity contribution in [2.75, 3.05) is 26.6 Å². The molecule has 160 valence electrons. The van der Waals surface area contributed by atoms with Crippen LogP contribution in [0.25, 0.3) is 17.0 Å². The van der Waals surface area contributed by atoms with E-state index in [0.717, 1.165) is 16.7 Å². The molecule has 9 nitrogen and oxygen atoms in total. The van der Waals surface area contributed by atoms with Crippen molar-refractivity contribution in [1.82, 2.24) is 19.3 Å². The lowest BCUT2D eigenvalue weighted by atomic mass is 10.1. The van der Waals surface area contributed by atoms with E-state index in [0.29, 0.717) is 34.6 Å². The molecule has 0 atom stereocenters. The molecule has 4 rings (SSSR count). The molecular weight excluding hydrogens is 398 g/mol. The van der Waals surface area contributed by atoms with Crippen LogP contribution in [0.15, 0.2) is 42.5 Å². The van der Waals surface area contributed by atoms with Crippen LogP contribution in [-0.4, -0.2) is 46.6 Å². The molecule has 1 amide bonds. The van der Waals surface area contributed by atoms with E-state index < -0.39 is 0 Å². The number of ether oxygens (including phenoxy) is 3. The van der Waals surface area contributed by atoms with Crippen molar-refractivity contribution < 1.29 is 19.0 Å². The summed E-state index contributed by atoms with van der Waals surface area (Å²) >= 11 is 0. The van der Waals surface area contributed by atoms with Gasteiger partial charge in [-0.25, -0.2) is 4.98 Å². The normalized spacial score (nSPS) is 10.9. The van der Waals surface area contributed by atoms with E-state index in [1.54, 1.807) is 22.9 Å². The standard InChI is InChI=1S/C22H23N5O4/c1-13-10-19(27(25-13)22-23-15-8-6-7-9-16(15)26(22)2)24-21(28)14-11-17(29-3)20(31-5)18(12-14)30-4/h6-12H,1-5H3,(H,24,28). The van der Waals surface area contributed by atoms with Gasteiger partial charge >= 0.3 is 0 Å². The van der Waals surface area contributed by atoms with Crippen molar-refractivity contribution in [1.29, 1.82) is 0 Å². The molecule has 0 aliphatic carbocycles. The molecule has 0 fully saturated rings. The highest BCUT2D eigenvalue weighted by Crippen LogP contribution is 2.38. The first kappa shape index (κ1) is 20.3. The number of para-hydroxylation sites is 2. The second-order valence-electron chi connectivity index (χ2n) is 6.91. The second-order valence-corrected chi connectivity index (χ2v) is 6.91. The number of methoxy groups -OCH3 is 3. The number of aromatic nitrogens is 4. The van der Waals surface area contributed by atoms with E-state index in [2.05, 4.69) is 15.4 Å². The zero-order valence-electron chi connectivity index (χ0n) is 18.0. The molecule has 0 saturated carbocycles. The maximum Gasteiger partial charge on any atom is 0.257 e. The van der Waals surface area contributed by atoms with Gasteiger partial charge in [0.05, 0.1) is 38.1 Å². The number of carbonyl (C=O) groups excluding carboxylic acids is 1. The number of amides is 1. The zero-order chi connectivity index (χ0) is 22.1. The van der Waals surface area contributed by atoms with Gasteiger partial charge in [0, 0.05) is 18.7 Å². The van der Waals surface area contributed by atoms with E-state index in [4.69, 9.17) is 14.2 Å². The van der Waals surface area contributed by atoms with E-state index in [1.807, 2.05) is 42.8 Å². The molecular formula is C22H23N5O4. The van der Waals surface area contributed by atoms with Gasteiger partial charge in [-0.3, -0.25) is 4.79 Å². The third-order valence-electron chi connectivity index (χ3n) is 4.95. The van der Waals surface area contributed by atoms with Crippen molar-refractivity contribution in [2.24, 2.45) is 7.05 Å². The maximum absolute atomic E-state index is 13.1. The van der Waals surface area contributed by atoms with Crippen LogP contribution in [0.5, 0.6) is 17.2 Å². The van der Waals surface area contributed by atoms with Crippen LogP contribution in [0.3, 0.4) is 0 Å². The van der Waals surface area contributed by atoms with Gasteiger partial charge in [0.2, 0.25) is 11.7 Å². The van der Waals surface area contributed by atoms with Gasteiger partial charge in [0.25, 0.3) is 5.91 Å². The number of imidazole rings is 1. The fourth-order valence-electron chi connectivity index (χ4n) is 3.46. The Hall–Kier alpha value is -4.01. The summed E-state index contributed by atoms with van der Waals surface area (Å²) in [6, 6.07) is 12.8. The minimum atomic E-state index is -0.348. The van der Waals surface area contributed by atoms with Gasteiger partial charge in [-0.15, -0.1) is 0 Å². The largest absolute Gasteiger partial charge is 0.493 e. The lowest BCUT2D eigenvalue weighted by molar-refractivity contribution is 0.102. The van der Waals surface area contributed by atoms with Crippen LogP contribution < -0.4 is 19.5 Å². The molecule has 2 aromatic carbocycles. The minimum absolute atomic E-state index is 0.348. The molecule has 1 N–H and O–H groups in total. The third kappa shape index (κ3) is 3.54. The number of hydrogen-bond acceptors (Lipinski definition) is 6. The average molecular weight is 421 g/mol. The molecule has 0 radical (unpaired) electrons. The molecule has 0 unspecified atom stereocenters. The molecule has 2 heterocycles. The molecule has 0 aliphatic rings. The highest BCUT2D eigenvalue weighted by Gasteiger charge is 2.20. The van der Waals surface area contributed by atoms with E-state index >= 15 is 0 Å². The summed E-state index contributed by atoms with van der Waals surface area (Å²) in [5.74, 6) is 1.95. The number of aryl methyl sites for hydroxylation is 2. The Morgan fingerprint density at radius 2 is 1.68 bits per heavy atom. The highest BCUT2D eigenvalue weighted by atomic mass is 16.5. The molecule has 31 heavy (non-hydrogen) atoms. The van der Waals surface area contributed by atoms with E-state index in [-0.39, 0.29) is 5.91 Å². The second kappa shape index (κ2) is 8.02. The lowest BCUT2D eigenvalue weighted by Crippen LogP contribution is -2.17. The molecule has 4 aromatic rings. The Bertz CT molecular complexity index is 1250. The number of rotatable bonds is 6. The van der Waals surface area contributed by atoms with Crippen molar-refractivity contribution in [2.45, 2.75) is 6.92 Å². The van der Waals surface area contributed by atoms with Crippen molar-refractivity contribution in [3.63, 3.8) is 0 Å². The van der Waals surface area contributed by atoms with Gasteiger partial charge in [-0.2, -0.15) is 9.78 Å². The van der Waals surface area contributed by atoms with Crippen LogP contribution in [0.4, 0.5) is 5.82 Å². The quantitative estimate of drug-likeness (QED) is 0.513. The predicted molar refractivity (Wildman–Crippen MR) is 117 cm³/mol. The highest BCUT2D eigenvalue weighted by molar-refractivity contribution is 6.04. The SMILES string of the molecule is COc1cc(C(=O)Nc2cc(C)nn2-c2nc3ccccc3n2C)cc(OC)c1OC. The van der Waals surface area contributed by atoms with Crippen LogP contribution in [0, 0.1) is 6.92 Å². The lowest BCUT2D eigenvalue weighted by Gasteiger charge is -2.14. The first-order chi connectivity index (χ1) is 15.0. The fourth-order valence-corrected chi connectivity index (χ4v) is 3.46. The summed E-state index contributed by atoms with van der Waals surface area (Å²) in [5.41, 5.74) is 2.90. The monoisotopic (exact) mass is 421 g/mol. The molecule has 0 spiro atoms. The van der Waals surface area contributed by atoms with Crippen LogP contribution in [0.1, 0.15) is 16.1 Å². The Morgan fingerprint density at radius 1 is 1.00 bits per heavy atom. The molecule has 0 saturated heterocycles. The van der Waals surface area contributed by atoms with Gasteiger partial charge in [0.1, 0.15) is 5.82 Å². The summed E-state index contributed by atoms with van der Waals surface area (Å²) in [5, 5.41) is 7.44. The number of fused-ring (bicyclic) bond motifs is 1. The number of nitrogens with one attached hydrogen (secondary N) is 1. The van der Waals surface area contributed by atoms with Crippen LogP contribution in [-0.2, 0) is 7.05 Å². The third-order valence-corrected chi connectivity index (χ3v) is 4.95. The van der Waals surface area contributed by atoms with Crippen molar-refractivity contribution in [3.05, 3.63) is 53.7 Å². The number of hydrogen-bond donors (Lipinski definition) is 1. The average Bonchev–Trinajstić information content (AvgIpc) is 3.31. The Kier molecular flexibility index (Phi) is 5.24. The van der Waals surface area contributed by atoms with Gasteiger partial charge < -0.3 is 24.1 Å². The predicted octanol–water partition coefficient (Wildman–Crippen LogP) is 3.35. The first-order valence-electron chi connectivity index (χ1n) is 9.56. The number of benzene rings is 2. The van der Waals surface area contributed by atoms with E-state index in [9.17, 15) is 4.79 Å². The van der Waals surface area contributed by atoms with Gasteiger partial charge in [-0.05, 0) is 31.2 Å². The Labute approximate surface area is 179 Å². The summed E-state index contributed by atoms with van der Waals surface area (Å²) < 4.78 is 19.6.